The molecule has 0 bridgehead atoms. The summed E-state index contributed by atoms with van der Waals surface area (Å²) in [5.74, 6) is 2.95. The molecule has 6 rings (SSSR count). The summed E-state index contributed by atoms with van der Waals surface area (Å²) < 4.78 is 5.38. The quantitative estimate of drug-likeness (QED) is 0.636. The number of carbonyl (C=O) groups is 1. The number of nitrogens with zero attached hydrogens (tertiary/aromatic N) is 4. The van der Waals surface area contributed by atoms with E-state index in [0.29, 0.717) is 29.3 Å². The Bertz CT molecular complexity index is 1050. The SMILES string of the molecule is O=C(C1CC1)N1C[C@@H]2CN(Cc3cnc(-c4ccco4)nc3)C[C@@H]2[C@@H]1c1ccccc1. The highest BCUT2D eigenvalue weighted by atomic mass is 16.3. The summed E-state index contributed by atoms with van der Waals surface area (Å²) in [6, 6.07) is 14.5. The van der Waals surface area contributed by atoms with Crippen LogP contribution in [0.1, 0.15) is 30.0 Å². The minimum absolute atomic E-state index is 0.196. The molecule has 0 N–H and O–H groups in total. The average molecular weight is 415 g/mol. The van der Waals surface area contributed by atoms with E-state index in [1.807, 2.05) is 24.5 Å². The van der Waals surface area contributed by atoms with Crippen LogP contribution in [0.4, 0.5) is 0 Å². The maximum Gasteiger partial charge on any atom is 0.226 e. The Morgan fingerprint density at radius 3 is 2.52 bits per heavy atom. The topological polar surface area (TPSA) is 62.5 Å². The second kappa shape index (κ2) is 7.61. The summed E-state index contributed by atoms with van der Waals surface area (Å²) >= 11 is 0. The lowest BCUT2D eigenvalue weighted by Gasteiger charge is -2.30. The molecule has 3 fully saturated rings. The smallest absolute Gasteiger partial charge is 0.226 e. The normalized spacial score (nSPS) is 25.7. The van der Waals surface area contributed by atoms with Crippen LogP contribution in [-0.4, -0.2) is 45.3 Å². The number of hydrogen-bond acceptors (Lipinski definition) is 5. The van der Waals surface area contributed by atoms with Gasteiger partial charge in [-0.2, -0.15) is 0 Å². The molecule has 1 aliphatic carbocycles. The van der Waals surface area contributed by atoms with E-state index in [1.54, 1.807) is 6.26 Å². The monoisotopic (exact) mass is 414 g/mol. The van der Waals surface area contributed by atoms with Gasteiger partial charge >= 0.3 is 0 Å². The number of carbonyl (C=O) groups excluding carboxylic acids is 1. The van der Waals surface area contributed by atoms with Gasteiger partial charge in [0.15, 0.2) is 11.6 Å². The fourth-order valence-corrected chi connectivity index (χ4v) is 5.36. The molecule has 1 amide bonds. The predicted molar refractivity (Wildman–Crippen MR) is 116 cm³/mol. The van der Waals surface area contributed by atoms with E-state index >= 15 is 0 Å². The van der Waals surface area contributed by atoms with E-state index < -0.39 is 0 Å². The van der Waals surface area contributed by atoms with Crippen molar-refractivity contribution in [2.24, 2.45) is 17.8 Å². The number of benzene rings is 1. The summed E-state index contributed by atoms with van der Waals surface area (Å²) in [6.45, 7) is 3.73. The van der Waals surface area contributed by atoms with Crippen molar-refractivity contribution in [2.45, 2.75) is 25.4 Å². The lowest BCUT2D eigenvalue weighted by atomic mass is 9.89. The van der Waals surface area contributed by atoms with Crippen LogP contribution in [0.2, 0.25) is 0 Å². The molecule has 2 saturated heterocycles. The number of rotatable bonds is 5. The van der Waals surface area contributed by atoms with Gasteiger partial charge in [-0.25, -0.2) is 9.97 Å². The predicted octanol–water partition coefficient (Wildman–Crippen LogP) is 3.78. The van der Waals surface area contributed by atoms with Crippen LogP contribution < -0.4 is 0 Å². The minimum atomic E-state index is 0.196. The second-order valence-corrected chi connectivity index (χ2v) is 9.13. The van der Waals surface area contributed by atoms with Crippen LogP contribution in [0.25, 0.3) is 11.6 Å². The molecule has 3 aromatic rings. The van der Waals surface area contributed by atoms with E-state index in [1.165, 1.54) is 5.56 Å². The summed E-state index contributed by atoms with van der Waals surface area (Å²) in [5.41, 5.74) is 2.38. The molecule has 1 saturated carbocycles. The molecule has 0 unspecified atom stereocenters. The Morgan fingerprint density at radius 2 is 1.81 bits per heavy atom. The van der Waals surface area contributed by atoms with Gasteiger partial charge in [-0.15, -0.1) is 0 Å². The molecule has 6 nitrogen and oxygen atoms in total. The van der Waals surface area contributed by atoms with Gasteiger partial charge in [-0.05, 0) is 36.5 Å². The van der Waals surface area contributed by atoms with Gasteiger partial charge in [-0.1, -0.05) is 30.3 Å². The first kappa shape index (κ1) is 18.8. The first-order valence-corrected chi connectivity index (χ1v) is 11.2. The van der Waals surface area contributed by atoms with Crippen LogP contribution >= 0.6 is 0 Å². The minimum Gasteiger partial charge on any atom is -0.461 e. The highest BCUT2D eigenvalue weighted by Crippen LogP contribution is 2.47. The molecule has 0 spiro atoms. The molecular formula is C25H26N4O2. The zero-order valence-electron chi connectivity index (χ0n) is 17.4. The number of amides is 1. The highest BCUT2D eigenvalue weighted by molar-refractivity contribution is 5.82. The van der Waals surface area contributed by atoms with Gasteiger partial charge in [0, 0.05) is 56.0 Å². The third-order valence-corrected chi connectivity index (χ3v) is 6.94. The number of hydrogen-bond donors (Lipinski definition) is 0. The lowest BCUT2D eigenvalue weighted by Crippen LogP contribution is -2.36. The van der Waals surface area contributed by atoms with E-state index in [9.17, 15) is 4.79 Å². The maximum absolute atomic E-state index is 13.0. The molecule has 2 aromatic heterocycles. The third kappa shape index (κ3) is 3.55. The van der Waals surface area contributed by atoms with Gasteiger partial charge < -0.3 is 9.32 Å². The zero-order valence-corrected chi connectivity index (χ0v) is 17.4. The Hall–Kier alpha value is -2.99. The van der Waals surface area contributed by atoms with Gasteiger partial charge in [0.1, 0.15) is 0 Å². The molecule has 0 radical (unpaired) electrons. The zero-order chi connectivity index (χ0) is 20.8. The van der Waals surface area contributed by atoms with Crippen molar-refractivity contribution in [2.75, 3.05) is 19.6 Å². The fraction of sp³-hybridized carbons (Fsp3) is 0.400. The van der Waals surface area contributed by atoms with Crippen LogP contribution in [0.15, 0.2) is 65.5 Å². The molecule has 1 aromatic carbocycles. The molecule has 6 heteroatoms. The van der Waals surface area contributed by atoms with Gasteiger partial charge in [0.25, 0.3) is 0 Å². The lowest BCUT2D eigenvalue weighted by molar-refractivity contribution is -0.134. The number of likely N-dealkylation sites (tertiary alicyclic amines) is 2. The summed E-state index contributed by atoms with van der Waals surface area (Å²) in [5, 5.41) is 0. The van der Waals surface area contributed by atoms with Crippen LogP contribution in [0, 0.1) is 17.8 Å². The Balaban J connectivity index is 1.18. The summed E-state index contributed by atoms with van der Waals surface area (Å²) in [6.07, 6.45) is 7.56. The van der Waals surface area contributed by atoms with E-state index in [-0.39, 0.29) is 12.0 Å². The van der Waals surface area contributed by atoms with Crippen molar-refractivity contribution in [1.29, 1.82) is 0 Å². The van der Waals surface area contributed by atoms with Crippen molar-refractivity contribution >= 4 is 5.91 Å². The molecule has 2 aliphatic heterocycles. The largest absolute Gasteiger partial charge is 0.461 e. The first-order chi connectivity index (χ1) is 15.3. The van der Waals surface area contributed by atoms with Gasteiger partial charge in [-0.3, -0.25) is 9.69 Å². The van der Waals surface area contributed by atoms with Crippen molar-refractivity contribution in [3.05, 3.63) is 72.2 Å². The summed E-state index contributed by atoms with van der Waals surface area (Å²) in [4.78, 5) is 26.7. The van der Waals surface area contributed by atoms with E-state index in [4.69, 9.17) is 4.42 Å². The maximum atomic E-state index is 13.0. The van der Waals surface area contributed by atoms with Crippen LogP contribution in [0.5, 0.6) is 0 Å². The molecular weight excluding hydrogens is 388 g/mol. The number of aromatic nitrogens is 2. The highest BCUT2D eigenvalue weighted by Gasteiger charge is 2.50. The molecule has 3 aliphatic rings. The van der Waals surface area contributed by atoms with Crippen molar-refractivity contribution in [1.82, 2.24) is 19.8 Å². The molecule has 158 valence electrons. The second-order valence-electron chi connectivity index (χ2n) is 9.13. The van der Waals surface area contributed by atoms with Crippen molar-refractivity contribution < 1.29 is 9.21 Å². The molecule has 3 atom stereocenters. The van der Waals surface area contributed by atoms with E-state index in [2.05, 4.69) is 50.1 Å². The average Bonchev–Trinajstić information content (AvgIpc) is 3.19. The summed E-state index contributed by atoms with van der Waals surface area (Å²) in [7, 11) is 0. The van der Waals surface area contributed by atoms with E-state index in [0.717, 1.165) is 44.6 Å². The fourth-order valence-electron chi connectivity index (χ4n) is 5.36. The van der Waals surface area contributed by atoms with Crippen molar-refractivity contribution in [3.8, 4) is 11.6 Å². The van der Waals surface area contributed by atoms with Crippen LogP contribution in [-0.2, 0) is 11.3 Å². The third-order valence-electron chi connectivity index (χ3n) is 6.94. The Labute approximate surface area is 181 Å². The molecule has 31 heavy (non-hydrogen) atoms. The van der Waals surface area contributed by atoms with Gasteiger partial charge in [0.2, 0.25) is 5.91 Å². The number of fused-ring (bicyclic) bond motifs is 1. The Morgan fingerprint density at radius 1 is 1.00 bits per heavy atom. The van der Waals surface area contributed by atoms with Crippen molar-refractivity contribution in [3.63, 3.8) is 0 Å². The number of furan rings is 1. The van der Waals surface area contributed by atoms with Gasteiger partial charge in [0.05, 0.1) is 12.3 Å². The standard InChI is InChI=1S/C25H26N4O2/c30-25(19-8-9-19)29-15-20-14-28(16-21(20)23(29)18-5-2-1-3-6-18)13-17-11-26-24(27-12-17)22-7-4-10-31-22/h1-7,10-12,19-21,23H,8-9,13-16H2/t20-,21-,23-/m0/s1. The first-order valence-electron chi connectivity index (χ1n) is 11.2. The van der Waals surface area contributed by atoms with Crippen LogP contribution in [0.3, 0.4) is 0 Å². The Kier molecular flexibility index (Phi) is 4.60. The molecule has 4 heterocycles.